The van der Waals surface area contributed by atoms with Crippen molar-refractivity contribution in [1.82, 2.24) is 0 Å². The lowest BCUT2D eigenvalue weighted by Crippen LogP contribution is -2.30. The number of amides is 1. The van der Waals surface area contributed by atoms with Gasteiger partial charge in [0.25, 0.3) is 11.6 Å². The van der Waals surface area contributed by atoms with E-state index in [0.29, 0.717) is 11.5 Å². The molecule has 0 fully saturated rings. The lowest BCUT2D eigenvalue weighted by atomic mass is 9.87. The Morgan fingerprint density at radius 2 is 1.78 bits per heavy atom. The molecule has 0 aromatic heterocycles. The maximum atomic E-state index is 12.4. The summed E-state index contributed by atoms with van der Waals surface area (Å²) in [5, 5.41) is 13.6. The Balaban J connectivity index is 2.09. The van der Waals surface area contributed by atoms with Crippen molar-refractivity contribution in [2.75, 3.05) is 12.4 Å². The van der Waals surface area contributed by atoms with Crippen LogP contribution in [-0.2, 0) is 10.2 Å². The van der Waals surface area contributed by atoms with Crippen LogP contribution in [0.25, 0.3) is 0 Å². The Morgan fingerprint density at radius 3 is 2.30 bits per heavy atom. The van der Waals surface area contributed by atoms with Gasteiger partial charge in [-0.3, -0.25) is 14.9 Å². The Morgan fingerprint density at radius 1 is 1.15 bits per heavy atom. The third-order valence-corrected chi connectivity index (χ3v) is 4.05. The smallest absolute Gasteiger partial charge is 0.271 e. The third kappa shape index (κ3) is 5.20. The first-order valence-electron chi connectivity index (χ1n) is 8.52. The summed E-state index contributed by atoms with van der Waals surface area (Å²) in [7, 11) is 1.42. The first-order chi connectivity index (χ1) is 12.6. The molecule has 0 spiro atoms. The minimum Gasteiger partial charge on any atom is -0.495 e. The van der Waals surface area contributed by atoms with Crippen LogP contribution < -0.4 is 14.8 Å². The van der Waals surface area contributed by atoms with Crippen LogP contribution in [0.4, 0.5) is 11.4 Å². The number of rotatable bonds is 6. The Kier molecular flexibility index (Phi) is 6.05. The molecule has 0 aliphatic carbocycles. The predicted molar refractivity (Wildman–Crippen MR) is 104 cm³/mol. The number of nitrogens with zero attached hydrogens (tertiary/aromatic N) is 1. The number of non-ortho nitro benzene ring substituents is 1. The van der Waals surface area contributed by atoms with E-state index in [1.54, 1.807) is 6.92 Å². The molecule has 0 aliphatic heterocycles. The Bertz CT molecular complexity index is 825. The second-order valence-electron chi connectivity index (χ2n) is 7.17. The molecule has 27 heavy (non-hydrogen) atoms. The summed E-state index contributed by atoms with van der Waals surface area (Å²) in [5.41, 5.74) is 1.26. The molecule has 0 bridgehead atoms. The number of nitrogens with one attached hydrogen (secondary N) is 1. The fourth-order valence-electron chi connectivity index (χ4n) is 2.43. The molecule has 7 nitrogen and oxygen atoms in total. The summed E-state index contributed by atoms with van der Waals surface area (Å²) in [6.07, 6.45) is -0.797. The highest BCUT2D eigenvalue weighted by molar-refractivity contribution is 5.95. The van der Waals surface area contributed by atoms with Gasteiger partial charge >= 0.3 is 0 Å². The fraction of sp³-hybridized carbons (Fsp3) is 0.350. The lowest BCUT2D eigenvalue weighted by molar-refractivity contribution is -0.384. The van der Waals surface area contributed by atoms with Gasteiger partial charge in [-0.25, -0.2) is 0 Å². The van der Waals surface area contributed by atoms with Crippen molar-refractivity contribution in [2.45, 2.75) is 39.2 Å². The van der Waals surface area contributed by atoms with E-state index < -0.39 is 16.9 Å². The van der Waals surface area contributed by atoms with Crippen LogP contribution in [0.15, 0.2) is 42.5 Å². The monoisotopic (exact) mass is 372 g/mol. The highest BCUT2D eigenvalue weighted by Gasteiger charge is 2.19. The number of methoxy groups -OCH3 is 1. The summed E-state index contributed by atoms with van der Waals surface area (Å²) in [4.78, 5) is 22.8. The van der Waals surface area contributed by atoms with Gasteiger partial charge in [-0.2, -0.15) is 0 Å². The molecule has 0 saturated carbocycles. The molecular formula is C20H24N2O5. The van der Waals surface area contributed by atoms with Crippen molar-refractivity contribution in [1.29, 1.82) is 0 Å². The summed E-state index contributed by atoms with van der Waals surface area (Å²) >= 11 is 0. The summed E-state index contributed by atoms with van der Waals surface area (Å²) in [5.74, 6) is 0.459. The molecule has 1 amide bonds. The van der Waals surface area contributed by atoms with E-state index in [4.69, 9.17) is 9.47 Å². The maximum Gasteiger partial charge on any atom is 0.271 e. The average molecular weight is 372 g/mol. The minimum atomic E-state index is -0.797. The molecule has 2 aromatic rings. The topological polar surface area (TPSA) is 90.7 Å². The van der Waals surface area contributed by atoms with Crippen molar-refractivity contribution < 1.29 is 19.2 Å². The highest BCUT2D eigenvalue weighted by Crippen LogP contribution is 2.29. The number of carbonyl (C=O) groups excluding carboxylic acids is 1. The molecule has 2 aromatic carbocycles. The van der Waals surface area contributed by atoms with Gasteiger partial charge in [-0.1, -0.05) is 32.9 Å². The fourth-order valence-corrected chi connectivity index (χ4v) is 2.43. The predicted octanol–water partition coefficient (Wildman–Crippen LogP) is 4.31. The molecule has 1 unspecified atom stereocenters. The summed E-state index contributed by atoms with van der Waals surface area (Å²) < 4.78 is 10.8. The molecule has 0 saturated heterocycles. The van der Waals surface area contributed by atoms with Gasteiger partial charge in [0.1, 0.15) is 11.5 Å². The largest absolute Gasteiger partial charge is 0.495 e. The number of hydrogen-bond acceptors (Lipinski definition) is 5. The molecule has 0 heterocycles. The second-order valence-corrected chi connectivity index (χ2v) is 7.17. The number of nitro benzene ring substituents is 1. The zero-order valence-corrected chi connectivity index (χ0v) is 16.1. The number of nitro groups is 1. The number of ether oxygens (including phenoxy) is 2. The van der Waals surface area contributed by atoms with Gasteiger partial charge in [0.15, 0.2) is 6.10 Å². The summed E-state index contributed by atoms with van der Waals surface area (Å²) in [6, 6.07) is 11.6. The van der Waals surface area contributed by atoms with Crippen LogP contribution in [-0.4, -0.2) is 24.0 Å². The minimum absolute atomic E-state index is 0.0279. The van der Waals surface area contributed by atoms with Crippen LogP contribution in [0.1, 0.15) is 33.3 Å². The van der Waals surface area contributed by atoms with Crippen LogP contribution in [0.5, 0.6) is 11.5 Å². The molecule has 0 radical (unpaired) electrons. The van der Waals surface area contributed by atoms with Crippen molar-refractivity contribution in [3.05, 3.63) is 58.1 Å². The Labute approximate surface area is 158 Å². The number of anilines is 1. The standard InChI is InChI=1S/C20H24N2O5/c1-13(27-16-9-6-14(7-10-16)20(2,3)4)19(23)21-17-12-15(22(24)25)8-11-18(17)26-5/h6-13H,1-5H3,(H,21,23). The summed E-state index contributed by atoms with van der Waals surface area (Å²) in [6.45, 7) is 7.96. The van der Waals surface area contributed by atoms with Gasteiger partial charge < -0.3 is 14.8 Å². The number of hydrogen-bond donors (Lipinski definition) is 1. The molecule has 0 aliphatic rings. The van der Waals surface area contributed by atoms with Crippen LogP contribution >= 0.6 is 0 Å². The van der Waals surface area contributed by atoms with Gasteiger partial charge in [0, 0.05) is 12.1 Å². The molecule has 2 rings (SSSR count). The van der Waals surface area contributed by atoms with Crippen molar-refractivity contribution in [3.8, 4) is 11.5 Å². The van der Waals surface area contributed by atoms with E-state index in [9.17, 15) is 14.9 Å². The lowest BCUT2D eigenvalue weighted by Gasteiger charge is -2.20. The molecular weight excluding hydrogens is 348 g/mol. The Hall–Kier alpha value is -3.09. The van der Waals surface area contributed by atoms with E-state index in [1.807, 2.05) is 24.3 Å². The van der Waals surface area contributed by atoms with E-state index in [0.717, 1.165) is 5.56 Å². The highest BCUT2D eigenvalue weighted by atomic mass is 16.6. The average Bonchev–Trinajstić information content (AvgIpc) is 2.61. The van der Waals surface area contributed by atoms with E-state index >= 15 is 0 Å². The van der Waals surface area contributed by atoms with Crippen LogP contribution in [0.2, 0.25) is 0 Å². The van der Waals surface area contributed by atoms with E-state index in [1.165, 1.54) is 25.3 Å². The molecule has 1 atom stereocenters. The van der Waals surface area contributed by atoms with E-state index in [-0.39, 0.29) is 16.8 Å². The number of carbonyl (C=O) groups is 1. The SMILES string of the molecule is COc1ccc([N+](=O)[O-])cc1NC(=O)C(C)Oc1ccc(C(C)(C)C)cc1. The molecule has 7 heteroatoms. The van der Waals surface area contributed by atoms with Crippen molar-refractivity contribution >= 4 is 17.3 Å². The normalized spacial score (nSPS) is 12.2. The maximum absolute atomic E-state index is 12.4. The second kappa shape index (κ2) is 8.07. The van der Waals surface area contributed by atoms with Gasteiger partial charge in [0.2, 0.25) is 0 Å². The van der Waals surface area contributed by atoms with Crippen molar-refractivity contribution in [2.24, 2.45) is 0 Å². The van der Waals surface area contributed by atoms with Crippen LogP contribution in [0, 0.1) is 10.1 Å². The number of benzene rings is 2. The van der Waals surface area contributed by atoms with Gasteiger partial charge in [0.05, 0.1) is 17.7 Å². The van der Waals surface area contributed by atoms with E-state index in [2.05, 4.69) is 26.1 Å². The molecule has 144 valence electrons. The zero-order chi connectivity index (χ0) is 20.2. The first kappa shape index (κ1) is 20.2. The first-order valence-corrected chi connectivity index (χ1v) is 8.52. The van der Waals surface area contributed by atoms with Crippen LogP contribution in [0.3, 0.4) is 0 Å². The molecule has 1 N–H and O–H groups in total. The quantitative estimate of drug-likeness (QED) is 0.603. The zero-order valence-electron chi connectivity index (χ0n) is 16.1. The van der Waals surface area contributed by atoms with Gasteiger partial charge in [-0.05, 0) is 36.1 Å². The van der Waals surface area contributed by atoms with Gasteiger partial charge in [-0.15, -0.1) is 0 Å². The van der Waals surface area contributed by atoms with Crippen molar-refractivity contribution in [3.63, 3.8) is 0 Å². The third-order valence-electron chi connectivity index (χ3n) is 4.05.